The summed E-state index contributed by atoms with van der Waals surface area (Å²) >= 11 is 0. The van der Waals surface area contributed by atoms with E-state index in [4.69, 9.17) is 0 Å². The molecule has 1 aromatic carbocycles. The van der Waals surface area contributed by atoms with E-state index in [2.05, 4.69) is 71.6 Å². The molecule has 1 unspecified atom stereocenters. The molecule has 0 saturated carbocycles. The Morgan fingerprint density at radius 2 is 2.00 bits per heavy atom. The molecule has 0 spiro atoms. The lowest BCUT2D eigenvalue weighted by Gasteiger charge is -2.29. The van der Waals surface area contributed by atoms with E-state index in [-0.39, 0.29) is 5.41 Å². The second kappa shape index (κ2) is 5.97. The standard InChI is InChI=1S/C15H22N4/c1-12(16-10-14-17-11-18-19-14)9-15(2,3)13-7-5-4-6-8-13/h4-8,11-12,16H,9-10H2,1-3H3,(H,17,18,19). The maximum absolute atomic E-state index is 4.11. The van der Waals surface area contributed by atoms with Crippen molar-refractivity contribution in [3.63, 3.8) is 0 Å². The van der Waals surface area contributed by atoms with Gasteiger partial charge < -0.3 is 5.32 Å². The fraction of sp³-hybridized carbons (Fsp3) is 0.467. The van der Waals surface area contributed by atoms with Crippen LogP contribution in [-0.4, -0.2) is 21.2 Å². The Kier molecular flexibility index (Phi) is 4.32. The van der Waals surface area contributed by atoms with Crippen LogP contribution in [-0.2, 0) is 12.0 Å². The number of H-pyrrole nitrogens is 1. The van der Waals surface area contributed by atoms with E-state index in [1.807, 2.05) is 0 Å². The highest BCUT2D eigenvalue weighted by atomic mass is 15.2. The average molecular weight is 258 g/mol. The number of hydrogen-bond donors (Lipinski definition) is 2. The van der Waals surface area contributed by atoms with Crippen LogP contribution in [0.2, 0.25) is 0 Å². The van der Waals surface area contributed by atoms with Crippen LogP contribution in [0.15, 0.2) is 36.7 Å². The third-order valence-electron chi connectivity index (χ3n) is 3.45. The molecular formula is C15H22N4. The van der Waals surface area contributed by atoms with Gasteiger partial charge in [0.2, 0.25) is 0 Å². The van der Waals surface area contributed by atoms with Gasteiger partial charge in [-0.3, -0.25) is 5.10 Å². The minimum absolute atomic E-state index is 0.162. The van der Waals surface area contributed by atoms with Gasteiger partial charge in [0.15, 0.2) is 0 Å². The topological polar surface area (TPSA) is 53.6 Å². The molecule has 2 aromatic rings. The van der Waals surface area contributed by atoms with Gasteiger partial charge in [-0.05, 0) is 24.3 Å². The van der Waals surface area contributed by atoms with Crippen LogP contribution in [0.3, 0.4) is 0 Å². The summed E-state index contributed by atoms with van der Waals surface area (Å²) in [5.41, 5.74) is 1.54. The number of aromatic nitrogens is 3. The smallest absolute Gasteiger partial charge is 0.138 e. The SMILES string of the molecule is CC(CC(C)(C)c1ccccc1)NCc1ncn[nH]1. The van der Waals surface area contributed by atoms with Crippen LogP contribution in [0.4, 0.5) is 0 Å². The number of hydrogen-bond acceptors (Lipinski definition) is 3. The Bertz CT molecular complexity index is 476. The summed E-state index contributed by atoms with van der Waals surface area (Å²) in [5.74, 6) is 0.879. The predicted molar refractivity (Wildman–Crippen MR) is 76.8 cm³/mol. The summed E-state index contributed by atoms with van der Waals surface area (Å²) in [7, 11) is 0. The number of rotatable bonds is 6. The molecule has 0 radical (unpaired) electrons. The molecule has 0 aliphatic rings. The average Bonchev–Trinajstić information content (AvgIpc) is 2.90. The Hall–Kier alpha value is -1.68. The van der Waals surface area contributed by atoms with Crippen molar-refractivity contribution in [1.29, 1.82) is 0 Å². The second-order valence-electron chi connectivity index (χ2n) is 5.67. The number of aromatic amines is 1. The van der Waals surface area contributed by atoms with Crippen LogP contribution < -0.4 is 5.32 Å². The molecule has 0 aliphatic heterocycles. The molecule has 1 atom stereocenters. The highest BCUT2D eigenvalue weighted by Crippen LogP contribution is 2.28. The third-order valence-corrected chi connectivity index (χ3v) is 3.45. The van der Waals surface area contributed by atoms with Crippen molar-refractivity contribution in [3.8, 4) is 0 Å². The van der Waals surface area contributed by atoms with Gasteiger partial charge in [0.1, 0.15) is 12.2 Å². The Morgan fingerprint density at radius 1 is 1.26 bits per heavy atom. The van der Waals surface area contributed by atoms with Crippen molar-refractivity contribution in [1.82, 2.24) is 20.5 Å². The van der Waals surface area contributed by atoms with Crippen LogP contribution in [0, 0.1) is 0 Å². The maximum atomic E-state index is 4.11. The van der Waals surface area contributed by atoms with Crippen LogP contribution in [0.5, 0.6) is 0 Å². The third kappa shape index (κ3) is 3.89. The molecule has 2 N–H and O–H groups in total. The molecule has 0 saturated heterocycles. The second-order valence-corrected chi connectivity index (χ2v) is 5.67. The molecule has 1 aromatic heterocycles. The van der Waals surface area contributed by atoms with E-state index in [0.717, 1.165) is 18.8 Å². The van der Waals surface area contributed by atoms with E-state index in [1.54, 1.807) is 0 Å². The minimum atomic E-state index is 0.162. The quantitative estimate of drug-likeness (QED) is 0.837. The molecule has 0 fully saturated rings. The number of nitrogens with one attached hydrogen (secondary N) is 2. The van der Waals surface area contributed by atoms with Crippen molar-refractivity contribution in [3.05, 3.63) is 48.0 Å². The van der Waals surface area contributed by atoms with Crippen LogP contribution >= 0.6 is 0 Å². The first-order chi connectivity index (χ1) is 9.08. The lowest BCUT2D eigenvalue weighted by atomic mass is 9.79. The highest BCUT2D eigenvalue weighted by molar-refractivity contribution is 5.23. The summed E-state index contributed by atoms with van der Waals surface area (Å²) in [6, 6.07) is 11.1. The normalized spacial score (nSPS) is 13.4. The van der Waals surface area contributed by atoms with Gasteiger partial charge in [-0.2, -0.15) is 5.10 Å². The largest absolute Gasteiger partial charge is 0.307 e. The van der Waals surface area contributed by atoms with Gasteiger partial charge in [-0.25, -0.2) is 4.98 Å². The summed E-state index contributed by atoms with van der Waals surface area (Å²) in [6.07, 6.45) is 2.61. The van der Waals surface area contributed by atoms with Crippen molar-refractivity contribution < 1.29 is 0 Å². The first-order valence-electron chi connectivity index (χ1n) is 6.71. The zero-order valence-corrected chi connectivity index (χ0v) is 11.9. The van der Waals surface area contributed by atoms with Crippen molar-refractivity contribution in [2.45, 2.75) is 45.2 Å². The summed E-state index contributed by atoms with van der Waals surface area (Å²) in [4.78, 5) is 4.11. The van der Waals surface area contributed by atoms with E-state index in [0.29, 0.717) is 6.04 Å². The molecule has 0 aliphatic carbocycles. The van der Waals surface area contributed by atoms with Crippen molar-refractivity contribution in [2.24, 2.45) is 0 Å². The summed E-state index contributed by atoms with van der Waals surface area (Å²) < 4.78 is 0. The van der Waals surface area contributed by atoms with Gasteiger partial charge in [-0.15, -0.1) is 0 Å². The Labute approximate surface area is 114 Å². The molecule has 1 heterocycles. The fourth-order valence-corrected chi connectivity index (χ4v) is 2.43. The molecule has 4 heteroatoms. The lowest BCUT2D eigenvalue weighted by molar-refractivity contribution is 0.385. The first-order valence-corrected chi connectivity index (χ1v) is 6.71. The molecule has 0 amide bonds. The van der Waals surface area contributed by atoms with Gasteiger partial charge in [-0.1, -0.05) is 44.2 Å². The number of benzene rings is 1. The van der Waals surface area contributed by atoms with E-state index < -0.39 is 0 Å². The summed E-state index contributed by atoms with van der Waals surface area (Å²) in [5, 5.41) is 10.2. The summed E-state index contributed by atoms with van der Waals surface area (Å²) in [6.45, 7) is 7.51. The molecule has 4 nitrogen and oxygen atoms in total. The monoisotopic (exact) mass is 258 g/mol. The lowest BCUT2D eigenvalue weighted by Crippen LogP contribution is -2.33. The van der Waals surface area contributed by atoms with Crippen molar-refractivity contribution in [2.75, 3.05) is 0 Å². The Morgan fingerprint density at radius 3 is 2.63 bits per heavy atom. The van der Waals surface area contributed by atoms with Gasteiger partial charge >= 0.3 is 0 Å². The van der Waals surface area contributed by atoms with Gasteiger partial charge in [0.25, 0.3) is 0 Å². The Balaban J connectivity index is 1.89. The van der Waals surface area contributed by atoms with Crippen LogP contribution in [0.25, 0.3) is 0 Å². The molecular weight excluding hydrogens is 236 g/mol. The van der Waals surface area contributed by atoms with Gasteiger partial charge in [0, 0.05) is 6.04 Å². The van der Waals surface area contributed by atoms with E-state index >= 15 is 0 Å². The van der Waals surface area contributed by atoms with Crippen LogP contribution in [0.1, 0.15) is 38.6 Å². The van der Waals surface area contributed by atoms with E-state index in [1.165, 1.54) is 11.9 Å². The predicted octanol–water partition coefficient (Wildman–Crippen LogP) is 2.65. The minimum Gasteiger partial charge on any atom is -0.307 e. The maximum Gasteiger partial charge on any atom is 0.138 e. The molecule has 102 valence electrons. The highest BCUT2D eigenvalue weighted by Gasteiger charge is 2.22. The zero-order chi connectivity index (χ0) is 13.7. The van der Waals surface area contributed by atoms with E-state index in [9.17, 15) is 0 Å². The number of nitrogens with zero attached hydrogens (tertiary/aromatic N) is 2. The molecule has 19 heavy (non-hydrogen) atoms. The molecule has 0 bridgehead atoms. The van der Waals surface area contributed by atoms with Crippen molar-refractivity contribution >= 4 is 0 Å². The fourth-order valence-electron chi connectivity index (χ4n) is 2.43. The first kappa shape index (κ1) is 13.7. The zero-order valence-electron chi connectivity index (χ0n) is 11.9. The van der Waals surface area contributed by atoms with Gasteiger partial charge in [0.05, 0.1) is 6.54 Å². The molecule has 2 rings (SSSR count).